The summed E-state index contributed by atoms with van der Waals surface area (Å²) in [4.78, 5) is 12.2. The van der Waals surface area contributed by atoms with Crippen LogP contribution >= 0.6 is 0 Å². The molecule has 1 nitrogen and oxygen atoms in total. The summed E-state index contributed by atoms with van der Waals surface area (Å²) in [5, 5.41) is 0. The highest BCUT2D eigenvalue weighted by atomic mass is 16.1. The van der Waals surface area contributed by atoms with Crippen LogP contribution in [-0.4, -0.2) is 5.78 Å². The summed E-state index contributed by atoms with van der Waals surface area (Å²) in [6, 6.07) is 8.17. The summed E-state index contributed by atoms with van der Waals surface area (Å²) in [6.07, 6.45) is 3.63. The largest absolute Gasteiger partial charge is 0.294 e. The van der Waals surface area contributed by atoms with Crippen molar-refractivity contribution < 1.29 is 4.79 Å². The minimum atomic E-state index is 0.0915. The summed E-state index contributed by atoms with van der Waals surface area (Å²) in [7, 11) is 0. The number of carbonyl (C=O) groups is 1. The van der Waals surface area contributed by atoms with E-state index in [2.05, 4.69) is 19.1 Å². The Kier molecular flexibility index (Phi) is 2.88. The van der Waals surface area contributed by atoms with Crippen molar-refractivity contribution in [3.63, 3.8) is 0 Å². The van der Waals surface area contributed by atoms with Crippen LogP contribution in [0.5, 0.6) is 0 Å². The zero-order chi connectivity index (χ0) is 11.8. The van der Waals surface area contributed by atoms with E-state index in [1.165, 1.54) is 18.4 Å². The molecule has 1 aliphatic rings. The summed E-state index contributed by atoms with van der Waals surface area (Å²) >= 11 is 0. The molecular formula is C15H20O. The van der Waals surface area contributed by atoms with Crippen LogP contribution in [0.3, 0.4) is 0 Å². The molecule has 0 aliphatic heterocycles. The van der Waals surface area contributed by atoms with Crippen LogP contribution in [0, 0.1) is 5.92 Å². The van der Waals surface area contributed by atoms with Crippen LogP contribution < -0.4 is 0 Å². The number of carbonyl (C=O) groups excluding carboxylic acids is 1. The fourth-order valence-corrected chi connectivity index (χ4v) is 2.44. The molecule has 0 N–H and O–H groups in total. The molecule has 2 rings (SSSR count). The van der Waals surface area contributed by atoms with Crippen molar-refractivity contribution in [3.05, 3.63) is 35.4 Å². The van der Waals surface area contributed by atoms with Crippen LogP contribution in [0.1, 0.15) is 56.0 Å². The first-order valence-corrected chi connectivity index (χ1v) is 6.24. The van der Waals surface area contributed by atoms with E-state index < -0.39 is 0 Å². The highest BCUT2D eigenvalue weighted by Crippen LogP contribution is 2.52. The third-order valence-electron chi connectivity index (χ3n) is 3.82. The number of ketones is 1. The molecule has 0 unspecified atom stereocenters. The second-order valence-corrected chi connectivity index (χ2v) is 5.20. The van der Waals surface area contributed by atoms with Crippen molar-refractivity contribution in [2.45, 2.75) is 45.4 Å². The van der Waals surface area contributed by atoms with Gasteiger partial charge in [-0.25, -0.2) is 0 Å². The second-order valence-electron chi connectivity index (χ2n) is 5.20. The Morgan fingerprint density at radius 2 is 1.94 bits per heavy atom. The van der Waals surface area contributed by atoms with Gasteiger partial charge in [0.15, 0.2) is 5.78 Å². The van der Waals surface area contributed by atoms with Gasteiger partial charge in [0.1, 0.15) is 0 Å². The second kappa shape index (κ2) is 4.04. The molecule has 0 saturated heterocycles. The SMILES string of the molecule is CCC1(c2ccccc2C(=O)C(C)C)CC1. The third-order valence-corrected chi connectivity index (χ3v) is 3.82. The van der Waals surface area contributed by atoms with Crippen LogP contribution in [-0.2, 0) is 5.41 Å². The maximum atomic E-state index is 12.2. The van der Waals surface area contributed by atoms with Gasteiger partial charge < -0.3 is 0 Å². The van der Waals surface area contributed by atoms with Gasteiger partial charge in [0.05, 0.1) is 0 Å². The minimum Gasteiger partial charge on any atom is -0.294 e. The highest BCUT2D eigenvalue weighted by molar-refractivity contribution is 5.99. The number of hydrogen-bond acceptors (Lipinski definition) is 1. The van der Waals surface area contributed by atoms with Crippen molar-refractivity contribution in [1.29, 1.82) is 0 Å². The van der Waals surface area contributed by atoms with Crippen molar-refractivity contribution in [2.24, 2.45) is 5.92 Å². The summed E-state index contributed by atoms with van der Waals surface area (Å²) in [6.45, 7) is 6.18. The van der Waals surface area contributed by atoms with E-state index in [4.69, 9.17) is 0 Å². The molecule has 16 heavy (non-hydrogen) atoms. The van der Waals surface area contributed by atoms with Gasteiger partial charge >= 0.3 is 0 Å². The van der Waals surface area contributed by atoms with E-state index in [0.29, 0.717) is 5.41 Å². The fraction of sp³-hybridized carbons (Fsp3) is 0.533. The highest BCUT2D eigenvalue weighted by Gasteiger charge is 2.44. The van der Waals surface area contributed by atoms with E-state index >= 15 is 0 Å². The lowest BCUT2D eigenvalue weighted by Gasteiger charge is -2.18. The average Bonchev–Trinajstić information content (AvgIpc) is 3.09. The topological polar surface area (TPSA) is 17.1 Å². The Balaban J connectivity index is 2.43. The molecule has 86 valence electrons. The van der Waals surface area contributed by atoms with E-state index in [1.54, 1.807) is 0 Å². The van der Waals surface area contributed by atoms with Gasteiger partial charge in [0.25, 0.3) is 0 Å². The van der Waals surface area contributed by atoms with Gasteiger partial charge in [0.2, 0.25) is 0 Å². The summed E-state index contributed by atoms with van der Waals surface area (Å²) < 4.78 is 0. The Bertz CT molecular complexity index is 400. The lowest BCUT2D eigenvalue weighted by atomic mass is 9.85. The molecule has 1 aromatic rings. The number of rotatable bonds is 4. The minimum absolute atomic E-state index is 0.0915. The first-order chi connectivity index (χ1) is 7.60. The number of Topliss-reactive ketones (excluding diaryl/α,β-unsaturated/α-hetero) is 1. The van der Waals surface area contributed by atoms with Crippen LogP contribution in [0.15, 0.2) is 24.3 Å². The fourth-order valence-electron chi connectivity index (χ4n) is 2.44. The molecule has 0 bridgehead atoms. The predicted octanol–water partition coefficient (Wildman–Crippen LogP) is 3.97. The molecule has 0 radical (unpaired) electrons. The molecule has 1 saturated carbocycles. The zero-order valence-electron chi connectivity index (χ0n) is 10.4. The van der Waals surface area contributed by atoms with Gasteiger partial charge in [-0.3, -0.25) is 4.79 Å². The summed E-state index contributed by atoms with van der Waals surface area (Å²) in [5.74, 6) is 0.379. The normalized spacial score (nSPS) is 17.5. The Morgan fingerprint density at radius 3 is 2.44 bits per heavy atom. The van der Waals surface area contributed by atoms with Crippen molar-refractivity contribution >= 4 is 5.78 Å². The van der Waals surface area contributed by atoms with E-state index in [-0.39, 0.29) is 11.7 Å². The first-order valence-electron chi connectivity index (χ1n) is 6.24. The lowest BCUT2D eigenvalue weighted by Crippen LogP contribution is -2.15. The molecule has 1 aromatic carbocycles. The number of benzene rings is 1. The van der Waals surface area contributed by atoms with Crippen LogP contribution in [0.25, 0.3) is 0 Å². The van der Waals surface area contributed by atoms with E-state index in [1.807, 2.05) is 26.0 Å². The zero-order valence-corrected chi connectivity index (χ0v) is 10.4. The maximum absolute atomic E-state index is 12.2. The molecule has 0 spiro atoms. The molecule has 0 aromatic heterocycles. The molecule has 1 aliphatic carbocycles. The van der Waals surface area contributed by atoms with Crippen LogP contribution in [0.2, 0.25) is 0 Å². The Morgan fingerprint density at radius 1 is 1.31 bits per heavy atom. The number of hydrogen-bond donors (Lipinski definition) is 0. The molecular weight excluding hydrogens is 196 g/mol. The first kappa shape index (κ1) is 11.4. The molecule has 0 atom stereocenters. The van der Waals surface area contributed by atoms with Gasteiger partial charge in [-0.2, -0.15) is 0 Å². The van der Waals surface area contributed by atoms with Crippen LogP contribution in [0.4, 0.5) is 0 Å². The molecule has 1 fully saturated rings. The van der Waals surface area contributed by atoms with Crippen molar-refractivity contribution in [3.8, 4) is 0 Å². The lowest BCUT2D eigenvalue weighted by molar-refractivity contribution is 0.0937. The van der Waals surface area contributed by atoms with Crippen molar-refractivity contribution in [1.82, 2.24) is 0 Å². The monoisotopic (exact) mass is 216 g/mol. The quantitative estimate of drug-likeness (QED) is 0.696. The van der Waals surface area contributed by atoms with Crippen molar-refractivity contribution in [2.75, 3.05) is 0 Å². The maximum Gasteiger partial charge on any atom is 0.165 e. The Labute approximate surface area is 97.9 Å². The standard InChI is InChI=1S/C15H20O/c1-4-15(9-10-15)13-8-6-5-7-12(13)14(16)11(2)3/h5-8,11H,4,9-10H2,1-3H3. The van der Waals surface area contributed by atoms with Gasteiger partial charge in [-0.1, -0.05) is 45.0 Å². The van der Waals surface area contributed by atoms with Gasteiger partial charge in [-0.05, 0) is 30.2 Å². The third kappa shape index (κ3) is 1.79. The molecule has 1 heteroatoms. The van der Waals surface area contributed by atoms with Gasteiger partial charge in [-0.15, -0.1) is 0 Å². The predicted molar refractivity (Wildman–Crippen MR) is 66.8 cm³/mol. The van der Waals surface area contributed by atoms with E-state index in [0.717, 1.165) is 12.0 Å². The Hall–Kier alpha value is -1.11. The van der Waals surface area contributed by atoms with E-state index in [9.17, 15) is 4.79 Å². The molecule has 0 heterocycles. The average molecular weight is 216 g/mol. The smallest absolute Gasteiger partial charge is 0.165 e. The molecule has 0 amide bonds. The summed E-state index contributed by atoms with van der Waals surface area (Å²) in [5.41, 5.74) is 2.56. The van der Waals surface area contributed by atoms with Gasteiger partial charge in [0, 0.05) is 11.5 Å².